The van der Waals surface area contributed by atoms with E-state index in [-0.39, 0.29) is 0 Å². The van der Waals surface area contributed by atoms with Crippen molar-refractivity contribution < 1.29 is 9.90 Å². The van der Waals surface area contributed by atoms with Crippen molar-refractivity contribution >= 4 is 40.6 Å². The third-order valence-corrected chi connectivity index (χ3v) is 3.13. The first kappa shape index (κ1) is 12.8. The number of hydrogen-bond donors (Lipinski definition) is 1. The molecule has 0 spiro atoms. The van der Waals surface area contributed by atoms with Crippen LogP contribution in [0.5, 0.6) is 0 Å². The zero-order chi connectivity index (χ0) is 11.7. The van der Waals surface area contributed by atoms with E-state index in [2.05, 4.69) is 0 Å². The van der Waals surface area contributed by atoms with Crippen LogP contribution in [0, 0.1) is 0 Å². The Bertz CT molecular complexity index is 355. The van der Waals surface area contributed by atoms with E-state index >= 15 is 0 Å². The van der Waals surface area contributed by atoms with Gasteiger partial charge in [-0.15, -0.1) is 0 Å². The molecule has 0 saturated heterocycles. The second-order valence-electron chi connectivity index (χ2n) is 3.27. The van der Waals surface area contributed by atoms with Crippen LogP contribution in [-0.4, -0.2) is 20.3 Å². The first-order chi connectivity index (χ1) is 6.77. The zero-order valence-electron chi connectivity index (χ0n) is 7.88. The van der Waals surface area contributed by atoms with Crippen molar-refractivity contribution in [1.82, 2.24) is 0 Å². The highest BCUT2D eigenvalue weighted by molar-refractivity contribution is 6.69. The summed E-state index contributed by atoms with van der Waals surface area (Å²) in [4.78, 5) is 11.8. The molecule has 1 unspecified atom stereocenters. The van der Waals surface area contributed by atoms with Crippen LogP contribution in [0.15, 0.2) is 30.3 Å². The molecule has 0 aliphatic rings. The highest BCUT2D eigenvalue weighted by Crippen LogP contribution is 2.39. The maximum atomic E-state index is 11.8. The monoisotopic (exact) mass is 266 g/mol. The lowest BCUT2D eigenvalue weighted by Crippen LogP contribution is -2.47. The maximum Gasteiger partial charge on any atom is 0.225 e. The van der Waals surface area contributed by atoms with Crippen LogP contribution in [0.1, 0.15) is 17.3 Å². The van der Waals surface area contributed by atoms with Crippen molar-refractivity contribution in [2.75, 3.05) is 0 Å². The average Bonchev–Trinajstić information content (AvgIpc) is 2.16. The fraction of sp³-hybridized carbons (Fsp3) is 0.300. The molecule has 1 atom stereocenters. The van der Waals surface area contributed by atoms with E-state index in [0.717, 1.165) is 0 Å². The smallest absolute Gasteiger partial charge is 0.225 e. The number of alkyl halides is 3. The summed E-state index contributed by atoms with van der Waals surface area (Å²) < 4.78 is -2.06. The minimum Gasteiger partial charge on any atom is -0.378 e. The largest absolute Gasteiger partial charge is 0.378 e. The summed E-state index contributed by atoms with van der Waals surface area (Å²) in [5, 5.41) is 9.83. The predicted octanol–water partition coefficient (Wildman–Crippen LogP) is 2.99. The van der Waals surface area contributed by atoms with Crippen LogP contribution < -0.4 is 0 Å². The Hall–Kier alpha value is -0.280. The molecule has 15 heavy (non-hydrogen) atoms. The Labute approximate surface area is 103 Å². The van der Waals surface area contributed by atoms with Crippen LogP contribution in [0.4, 0.5) is 0 Å². The highest BCUT2D eigenvalue weighted by Gasteiger charge is 2.49. The third-order valence-electron chi connectivity index (χ3n) is 2.03. The molecular formula is C10H9Cl3O2. The topological polar surface area (TPSA) is 37.3 Å². The number of rotatable bonds is 2. The lowest BCUT2D eigenvalue weighted by molar-refractivity contribution is 0.0424. The van der Waals surface area contributed by atoms with Gasteiger partial charge in [0.2, 0.25) is 3.79 Å². The van der Waals surface area contributed by atoms with Gasteiger partial charge in [0.15, 0.2) is 11.4 Å². The quantitative estimate of drug-likeness (QED) is 0.661. The summed E-state index contributed by atoms with van der Waals surface area (Å²) in [5.41, 5.74) is -1.74. The molecule has 0 fully saturated rings. The molecule has 0 saturated carbocycles. The number of benzene rings is 1. The molecule has 1 aromatic carbocycles. The van der Waals surface area contributed by atoms with Crippen molar-refractivity contribution in [3.8, 4) is 0 Å². The molecule has 0 aliphatic carbocycles. The predicted molar refractivity (Wildman–Crippen MR) is 61.7 cm³/mol. The van der Waals surface area contributed by atoms with Gasteiger partial charge in [-0.25, -0.2) is 0 Å². The van der Waals surface area contributed by atoms with Gasteiger partial charge in [-0.05, 0) is 6.92 Å². The van der Waals surface area contributed by atoms with Gasteiger partial charge in [-0.2, -0.15) is 0 Å². The normalized spacial score (nSPS) is 15.8. The van der Waals surface area contributed by atoms with Crippen molar-refractivity contribution in [3.63, 3.8) is 0 Å². The molecule has 82 valence electrons. The van der Waals surface area contributed by atoms with Gasteiger partial charge in [-0.1, -0.05) is 65.1 Å². The van der Waals surface area contributed by atoms with Crippen LogP contribution >= 0.6 is 34.8 Å². The Balaban J connectivity index is 3.06. The van der Waals surface area contributed by atoms with E-state index in [4.69, 9.17) is 34.8 Å². The van der Waals surface area contributed by atoms with Crippen LogP contribution in [0.3, 0.4) is 0 Å². The van der Waals surface area contributed by atoms with Crippen LogP contribution in [-0.2, 0) is 0 Å². The lowest BCUT2D eigenvalue weighted by Gasteiger charge is -2.29. The highest BCUT2D eigenvalue weighted by atomic mass is 35.6. The van der Waals surface area contributed by atoms with Crippen molar-refractivity contribution in [1.29, 1.82) is 0 Å². The molecule has 0 heterocycles. The number of halogens is 3. The molecule has 0 radical (unpaired) electrons. The molecule has 1 aromatic rings. The molecule has 1 rings (SSSR count). The first-order valence-corrected chi connectivity index (χ1v) is 5.29. The fourth-order valence-electron chi connectivity index (χ4n) is 0.999. The number of carbonyl (C=O) groups is 1. The molecule has 1 N–H and O–H groups in total. The van der Waals surface area contributed by atoms with Crippen LogP contribution in [0.25, 0.3) is 0 Å². The minimum absolute atomic E-state index is 0.300. The van der Waals surface area contributed by atoms with E-state index in [1.54, 1.807) is 30.3 Å². The summed E-state index contributed by atoms with van der Waals surface area (Å²) >= 11 is 16.6. The second kappa shape index (κ2) is 4.30. The molecule has 0 bridgehead atoms. The Kier molecular flexibility index (Phi) is 3.67. The van der Waals surface area contributed by atoms with Gasteiger partial charge >= 0.3 is 0 Å². The third kappa shape index (κ3) is 2.64. The molecule has 0 amide bonds. The average molecular weight is 268 g/mol. The zero-order valence-corrected chi connectivity index (χ0v) is 10.1. The molecule has 5 heteroatoms. The van der Waals surface area contributed by atoms with E-state index in [9.17, 15) is 9.90 Å². The van der Waals surface area contributed by atoms with Crippen molar-refractivity contribution in [2.24, 2.45) is 0 Å². The van der Waals surface area contributed by atoms with Gasteiger partial charge in [0, 0.05) is 5.56 Å². The van der Waals surface area contributed by atoms with E-state index in [1.807, 2.05) is 0 Å². The van der Waals surface area contributed by atoms with E-state index in [1.165, 1.54) is 6.92 Å². The Morgan fingerprint density at radius 2 is 1.67 bits per heavy atom. The Morgan fingerprint density at radius 3 is 2.07 bits per heavy atom. The summed E-state index contributed by atoms with van der Waals surface area (Å²) in [6.45, 7) is 1.18. The van der Waals surface area contributed by atoms with E-state index in [0.29, 0.717) is 5.56 Å². The first-order valence-electron chi connectivity index (χ1n) is 4.16. The molecule has 0 aliphatic heterocycles. The second-order valence-corrected chi connectivity index (χ2v) is 5.55. The van der Waals surface area contributed by atoms with Gasteiger partial charge in [0.05, 0.1) is 0 Å². The van der Waals surface area contributed by atoms with Gasteiger partial charge in [0.25, 0.3) is 0 Å². The maximum absolute atomic E-state index is 11.8. The summed E-state index contributed by atoms with van der Waals surface area (Å²) in [6, 6.07) is 8.19. The molecule has 0 aromatic heterocycles. The van der Waals surface area contributed by atoms with Crippen LogP contribution in [0.2, 0.25) is 0 Å². The summed E-state index contributed by atoms with van der Waals surface area (Å²) in [5.74, 6) is -0.622. The molecule has 2 nitrogen and oxygen atoms in total. The summed E-state index contributed by atoms with van der Waals surface area (Å²) in [7, 11) is 0. The van der Waals surface area contributed by atoms with Crippen molar-refractivity contribution in [2.45, 2.75) is 16.3 Å². The van der Waals surface area contributed by atoms with Crippen molar-refractivity contribution in [3.05, 3.63) is 35.9 Å². The SMILES string of the molecule is CC(O)(C(=O)c1ccccc1)C(Cl)(Cl)Cl. The number of Topliss-reactive ketones (excluding diaryl/α,β-unsaturated/α-hetero) is 1. The minimum atomic E-state index is -2.06. The number of ketones is 1. The van der Waals surface area contributed by atoms with Gasteiger partial charge < -0.3 is 5.11 Å². The lowest BCUT2D eigenvalue weighted by atomic mass is 9.96. The number of carbonyl (C=O) groups excluding carboxylic acids is 1. The van der Waals surface area contributed by atoms with Gasteiger partial charge in [-0.3, -0.25) is 4.79 Å². The summed E-state index contributed by atoms with van der Waals surface area (Å²) in [6.07, 6.45) is 0. The Morgan fingerprint density at radius 1 is 1.20 bits per heavy atom. The molecular weight excluding hydrogens is 258 g/mol. The fourth-order valence-corrected chi connectivity index (χ4v) is 1.26. The van der Waals surface area contributed by atoms with E-state index < -0.39 is 15.2 Å². The standard InChI is InChI=1S/C10H9Cl3O2/c1-9(15,10(11,12)13)8(14)7-5-3-2-4-6-7/h2-6,15H,1H3. The van der Waals surface area contributed by atoms with Gasteiger partial charge in [0.1, 0.15) is 0 Å². The number of hydrogen-bond acceptors (Lipinski definition) is 2. The number of aliphatic hydroxyl groups is 1.